The van der Waals surface area contributed by atoms with Gasteiger partial charge in [0.25, 0.3) is 0 Å². The zero-order chi connectivity index (χ0) is 13.8. The fraction of sp³-hybridized carbons (Fsp3) is 0.500. The maximum absolute atomic E-state index is 12.1. The van der Waals surface area contributed by atoms with E-state index in [-0.39, 0.29) is 10.9 Å². The molecule has 1 unspecified atom stereocenters. The molecule has 0 heterocycles. The predicted octanol–water partition coefficient (Wildman–Crippen LogP) is 0.767. The monoisotopic (exact) mass is 272 g/mol. The summed E-state index contributed by atoms with van der Waals surface area (Å²) in [6, 6.07) is 4.67. The number of rotatable bonds is 6. The second-order valence-electron chi connectivity index (χ2n) is 4.27. The van der Waals surface area contributed by atoms with Crippen LogP contribution in [0.4, 0.5) is 0 Å². The Kier molecular flexibility index (Phi) is 5.28. The van der Waals surface area contributed by atoms with Crippen molar-refractivity contribution in [1.29, 1.82) is 0 Å². The van der Waals surface area contributed by atoms with E-state index in [4.69, 9.17) is 10.5 Å². The van der Waals surface area contributed by atoms with Crippen molar-refractivity contribution in [3.63, 3.8) is 0 Å². The number of aryl methyl sites for hydroxylation is 1. The van der Waals surface area contributed by atoms with E-state index < -0.39 is 10.0 Å². The van der Waals surface area contributed by atoms with Crippen molar-refractivity contribution in [2.24, 2.45) is 5.73 Å². The van der Waals surface area contributed by atoms with Crippen LogP contribution in [0.15, 0.2) is 23.1 Å². The van der Waals surface area contributed by atoms with E-state index in [1.807, 2.05) is 6.92 Å². The van der Waals surface area contributed by atoms with E-state index in [0.717, 1.165) is 11.1 Å². The Bertz CT molecular complexity index is 500. The molecule has 6 heteroatoms. The van der Waals surface area contributed by atoms with Gasteiger partial charge in [0.2, 0.25) is 10.0 Å². The lowest BCUT2D eigenvalue weighted by molar-refractivity contribution is 0.180. The molecule has 0 saturated heterocycles. The summed E-state index contributed by atoms with van der Waals surface area (Å²) in [6.45, 7) is 4.33. The number of methoxy groups -OCH3 is 1. The van der Waals surface area contributed by atoms with Crippen LogP contribution in [0.25, 0.3) is 0 Å². The molecule has 0 fully saturated rings. The first kappa shape index (κ1) is 15.1. The van der Waals surface area contributed by atoms with Crippen LogP contribution in [0.1, 0.15) is 18.1 Å². The van der Waals surface area contributed by atoms with Crippen LogP contribution in [0.3, 0.4) is 0 Å². The van der Waals surface area contributed by atoms with Crippen molar-refractivity contribution in [3.05, 3.63) is 29.3 Å². The molecule has 1 aromatic rings. The van der Waals surface area contributed by atoms with Gasteiger partial charge in [-0.1, -0.05) is 6.07 Å². The van der Waals surface area contributed by atoms with Gasteiger partial charge in [-0.25, -0.2) is 13.1 Å². The fourth-order valence-corrected chi connectivity index (χ4v) is 2.99. The Morgan fingerprint density at radius 1 is 1.44 bits per heavy atom. The van der Waals surface area contributed by atoms with Gasteiger partial charge >= 0.3 is 0 Å². The van der Waals surface area contributed by atoms with E-state index in [2.05, 4.69) is 4.72 Å². The highest BCUT2D eigenvalue weighted by Crippen LogP contribution is 2.15. The van der Waals surface area contributed by atoms with Crippen LogP contribution in [0.2, 0.25) is 0 Å². The lowest BCUT2D eigenvalue weighted by Crippen LogP contribution is -2.35. The quantitative estimate of drug-likeness (QED) is 0.801. The smallest absolute Gasteiger partial charge is 0.240 e. The van der Waals surface area contributed by atoms with Crippen molar-refractivity contribution < 1.29 is 13.2 Å². The summed E-state index contributed by atoms with van der Waals surface area (Å²) in [5, 5.41) is 0. The third-order valence-corrected chi connectivity index (χ3v) is 4.20. The molecule has 1 rings (SSSR count). The molecule has 0 aromatic heterocycles. The topological polar surface area (TPSA) is 81.4 Å². The predicted molar refractivity (Wildman–Crippen MR) is 70.7 cm³/mol. The van der Waals surface area contributed by atoms with Gasteiger partial charge < -0.3 is 10.5 Å². The number of ether oxygens (including phenoxy) is 1. The molecular weight excluding hydrogens is 252 g/mol. The number of hydrogen-bond donors (Lipinski definition) is 2. The second-order valence-corrected chi connectivity index (χ2v) is 5.98. The lowest BCUT2D eigenvalue weighted by atomic mass is 10.1. The van der Waals surface area contributed by atoms with Gasteiger partial charge in [-0.3, -0.25) is 0 Å². The van der Waals surface area contributed by atoms with Crippen molar-refractivity contribution in [2.75, 3.05) is 13.7 Å². The molecule has 102 valence electrons. The van der Waals surface area contributed by atoms with E-state index in [1.165, 1.54) is 7.11 Å². The Hall–Kier alpha value is -0.950. The summed E-state index contributed by atoms with van der Waals surface area (Å²) in [5.41, 5.74) is 7.37. The second kappa shape index (κ2) is 6.29. The molecule has 0 bridgehead atoms. The zero-order valence-corrected chi connectivity index (χ0v) is 11.8. The van der Waals surface area contributed by atoms with E-state index in [0.29, 0.717) is 13.2 Å². The SMILES string of the molecule is COCC(C)NS(=O)(=O)c1ccc(CN)c(C)c1. The number of nitrogens with two attached hydrogens (primary N) is 1. The molecule has 0 saturated carbocycles. The molecule has 0 aliphatic rings. The largest absolute Gasteiger partial charge is 0.383 e. The first-order valence-electron chi connectivity index (χ1n) is 5.71. The first-order chi connectivity index (χ1) is 8.40. The molecular formula is C12H20N2O3S. The van der Waals surface area contributed by atoms with Crippen LogP contribution in [0, 0.1) is 6.92 Å². The molecule has 1 atom stereocenters. The molecule has 0 radical (unpaired) electrons. The third kappa shape index (κ3) is 3.78. The van der Waals surface area contributed by atoms with Gasteiger partial charge in [0, 0.05) is 19.7 Å². The van der Waals surface area contributed by atoms with Crippen molar-refractivity contribution in [1.82, 2.24) is 4.72 Å². The summed E-state index contributed by atoms with van der Waals surface area (Å²) < 4.78 is 31.6. The molecule has 0 spiro atoms. The first-order valence-corrected chi connectivity index (χ1v) is 7.20. The Morgan fingerprint density at radius 3 is 2.61 bits per heavy atom. The maximum Gasteiger partial charge on any atom is 0.240 e. The molecule has 0 aliphatic heterocycles. The van der Waals surface area contributed by atoms with Crippen molar-refractivity contribution in [3.8, 4) is 0 Å². The average Bonchev–Trinajstić information content (AvgIpc) is 2.28. The molecule has 5 nitrogen and oxygen atoms in total. The third-order valence-electron chi connectivity index (χ3n) is 2.62. The van der Waals surface area contributed by atoms with Crippen LogP contribution in [0.5, 0.6) is 0 Å². The van der Waals surface area contributed by atoms with Crippen LogP contribution >= 0.6 is 0 Å². The Balaban J connectivity index is 2.95. The van der Waals surface area contributed by atoms with Crippen LogP contribution < -0.4 is 10.5 Å². The van der Waals surface area contributed by atoms with E-state index in [9.17, 15) is 8.42 Å². The Labute approximate surface area is 108 Å². The number of sulfonamides is 1. The number of hydrogen-bond acceptors (Lipinski definition) is 4. The highest BCUT2D eigenvalue weighted by molar-refractivity contribution is 7.89. The van der Waals surface area contributed by atoms with Gasteiger partial charge in [0.1, 0.15) is 0 Å². The van der Waals surface area contributed by atoms with Gasteiger partial charge in [0.15, 0.2) is 0 Å². The molecule has 18 heavy (non-hydrogen) atoms. The van der Waals surface area contributed by atoms with Crippen molar-refractivity contribution in [2.45, 2.75) is 31.3 Å². The van der Waals surface area contributed by atoms with Gasteiger partial charge in [-0.05, 0) is 37.1 Å². The van der Waals surface area contributed by atoms with Gasteiger partial charge in [-0.15, -0.1) is 0 Å². The lowest BCUT2D eigenvalue weighted by Gasteiger charge is -2.14. The molecule has 0 aliphatic carbocycles. The molecule has 3 N–H and O–H groups in total. The van der Waals surface area contributed by atoms with E-state index >= 15 is 0 Å². The highest BCUT2D eigenvalue weighted by atomic mass is 32.2. The summed E-state index contributed by atoms with van der Waals surface area (Å²) in [4.78, 5) is 0.250. The fourth-order valence-electron chi connectivity index (χ4n) is 1.68. The van der Waals surface area contributed by atoms with Crippen LogP contribution in [-0.4, -0.2) is 28.2 Å². The summed E-state index contributed by atoms with van der Waals surface area (Å²) in [6.07, 6.45) is 0. The molecule has 1 aromatic carbocycles. The van der Waals surface area contributed by atoms with Crippen molar-refractivity contribution >= 4 is 10.0 Å². The average molecular weight is 272 g/mol. The highest BCUT2D eigenvalue weighted by Gasteiger charge is 2.17. The van der Waals surface area contributed by atoms with Crippen LogP contribution in [-0.2, 0) is 21.3 Å². The standard InChI is InChI=1S/C12H20N2O3S/c1-9-6-12(5-4-11(9)7-13)18(15,16)14-10(2)8-17-3/h4-6,10,14H,7-8,13H2,1-3H3. The normalized spacial score (nSPS) is 13.6. The minimum absolute atomic E-state index is 0.250. The van der Waals surface area contributed by atoms with Gasteiger partial charge in [0.05, 0.1) is 11.5 Å². The summed E-state index contributed by atoms with van der Waals surface area (Å²) >= 11 is 0. The molecule has 0 amide bonds. The minimum Gasteiger partial charge on any atom is -0.383 e. The summed E-state index contributed by atoms with van der Waals surface area (Å²) in [7, 11) is -1.97. The number of nitrogens with one attached hydrogen (secondary N) is 1. The van der Waals surface area contributed by atoms with Gasteiger partial charge in [-0.2, -0.15) is 0 Å². The zero-order valence-electron chi connectivity index (χ0n) is 10.9. The summed E-state index contributed by atoms with van der Waals surface area (Å²) in [5.74, 6) is 0. The maximum atomic E-state index is 12.1. The Morgan fingerprint density at radius 2 is 2.11 bits per heavy atom. The van der Waals surface area contributed by atoms with E-state index in [1.54, 1.807) is 25.1 Å². The number of benzene rings is 1. The minimum atomic E-state index is -3.50.